The number of unbranched alkanes of at least 4 members (excludes halogenated alkanes) is 4. The van der Waals surface area contributed by atoms with Gasteiger partial charge in [-0.3, -0.25) is 4.90 Å². The van der Waals surface area contributed by atoms with Gasteiger partial charge in [0.05, 0.1) is 21.3 Å². The predicted octanol–water partition coefficient (Wildman–Crippen LogP) is 8.63. The average Bonchev–Trinajstić information content (AvgIpc) is 3.15. The summed E-state index contributed by atoms with van der Waals surface area (Å²) in [5.41, 5.74) is 2.33. The number of esters is 1. The van der Waals surface area contributed by atoms with Crippen LogP contribution in [0, 0.1) is 6.92 Å². The van der Waals surface area contributed by atoms with E-state index in [-0.39, 0.29) is 12.5 Å². The van der Waals surface area contributed by atoms with Gasteiger partial charge in [0.25, 0.3) is 0 Å². The van der Waals surface area contributed by atoms with Gasteiger partial charge in [0.1, 0.15) is 11.7 Å². The molecule has 1 N–H and O–H groups in total. The van der Waals surface area contributed by atoms with E-state index in [2.05, 4.69) is 37.9 Å². The van der Waals surface area contributed by atoms with E-state index in [0.29, 0.717) is 59.3 Å². The number of carbonyl (C=O) groups is 2. The van der Waals surface area contributed by atoms with E-state index >= 15 is 0 Å². The van der Waals surface area contributed by atoms with Crippen LogP contribution in [-0.2, 0) is 16.0 Å². The molecule has 0 aliphatic heterocycles. The number of anilines is 1. The summed E-state index contributed by atoms with van der Waals surface area (Å²) < 4.78 is 28.3. The van der Waals surface area contributed by atoms with E-state index < -0.39 is 17.7 Å². The Balaban J connectivity index is 1.91. The first-order chi connectivity index (χ1) is 25.6. The third kappa shape index (κ3) is 12.8. The summed E-state index contributed by atoms with van der Waals surface area (Å²) in [5.74, 6) is 0.851. The van der Waals surface area contributed by atoms with Crippen molar-refractivity contribution >= 4 is 34.7 Å². The van der Waals surface area contributed by atoms with Crippen molar-refractivity contribution in [3.8, 4) is 17.2 Å². The normalized spacial score (nSPS) is 11.9. The highest BCUT2D eigenvalue weighted by Gasteiger charge is 2.23. The summed E-state index contributed by atoms with van der Waals surface area (Å²) in [7, 11) is 4.60. The Labute approximate surface area is 315 Å². The molecule has 0 aliphatic carbocycles. The maximum Gasteiger partial charge on any atom is 0.339 e. The molecular weight excluding hydrogens is 674 g/mol. The average molecular weight is 736 g/mol. The van der Waals surface area contributed by atoms with Crippen LogP contribution in [0.1, 0.15) is 95.8 Å². The van der Waals surface area contributed by atoms with Crippen LogP contribution in [0.4, 0.5) is 10.5 Å². The van der Waals surface area contributed by atoms with Crippen molar-refractivity contribution in [2.45, 2.75) is 98.5 Å². The van der Waals surface area contributed by atoms with Gasteiger partial charge in [-0.05, 0) is 87.2 Å². The molecule has 2 amide bonds. The fourth-order valence-electron chi connectivity index (χ4n) is 6.21. The molecule has 0 saturated carbocycles. The van der Waals surface area contributed by atoms with E-state index in [1.807, 2.05) is 24.0 Å². The molecule has 0 bridgehead atoms. The van der Waals surface area contributed by atoms with Gasteiger partial charge in [-0.15, -0.1) is 0 Å². The maximum absolute atomic E-state index is 13.6. The second-order valence-electron chi connectivity index (χ2n) is 13.4. The number of benzene rings is 2. The quantitative estimate of drug-likeness (QED) is 0.0580. The lowest BCUT2D eigenvalue weighted by Gasteiger charge is -2.27. The second-order valence-corrected chi connectivity index (χ2v) is 13.4. The smallest absolute Gasteiger partial charge is 0.339 e. The Hall–Kier alpha value is -4.51. The van der Waals surface area contributed by atoms with Gasteiger partial charge in [0.2, 0.25) is 5.75 Å². The van der Waals surface area contributed by atoms with Gasteiger partial charge in [-0.2, -0.15) is 0 Å². The first kappa shape index (κ1) is 42.9. The Bertz CT molecular complexity index is 1660. The van der Waals surface area contributed by atoms with E-state index in [4.69, 9.17) is 23.4 Å². The lowest BCUT2D eigenvalue weighted by molar-refractivity contribution is -0.143. The summed E-state index contributed by atoms with van der Waals surface area (Å²) in [5, 5.41) is 3.75. The summed E-state index contributed by atoms with van der Waals surface area (Å²) in [4.78, 5) is 44.3. The number of hydrogen-bond donors (Lipinski definition) is 1. The molecule has 0 aliphatic rings. The maximum atomic E-state index is 13.6. The molecule has 0 spiro atoms. The Kier molecular flexibility index (Phi) is 18.2. The molecule has 11 heteroatoms. The predicted molar refractivity (Wildman–Crippen MR) is 213 cm³/mol. The SMILES string of the molecule is CCCCN(CCCC)CC(Cc1c(C)c2ccc(NC(=O)N(CCCC)CCCC)cc2oc1=O)OC(=O)/C=C/c1cc(OC)c(OC)c(OC)c1. The van der Waals surface area contributed by atoms with Gasteiger partial charge in [-0.25, -0.2) is 14.4 Å². The number of amides is 2. The van der Waals surface area contributed by atoms with Crippen molar-refractivity contribution in [2.75, 3.05) is 59.4 Å². The van der Waals surface area contributed by atoms with Crippen molar-refractivity contribution in [3.63, 3.8) is 0 Å². The van der Waals surface area contributed by atoms with Crippen LogP contribution in [0.5, 0.6) is 17.2 Å². The number of carbonyl (C=O) groups excluding carboxylic acids is 2. The van der Waals surface area contributed by atoms with Crippen molar-refractivity contribution in [2.24, 2.45) is 0 Å². The summed E-state index contributed by atoms with van der Waals surface area (Å²) in [6, 6.07) is 8.72. The number of ether oxygens (including phenoxy) is 4. The van der Waals surface area contributed by atoms with E-state index in [0.717, 1.165) is 75.4 Å². The minimum absolute atomic E-state index is 0.165. The van der Waals surface area contributed by atoms with Crippen LogP contribution in [0.25, 0.3) is 17.0 Å². The third-order valence-corrected chi connectivity index (χ3v) is 9.32. The molecule has 0 radical (unpaired) electrons. The molecule has 292 valence electrons. The fourth-order valence-corrected chi connectivity index (χ4v) is 6.21. The number of nitrogens with zero attached hydrogens (tertiary/aromatic N) is 2. The van der Waals surface area contributed by atoms with E-state index in [9.17, 15) is 14.4 Å². The highest BCUT2D eigenvalue weighted by molar-refractivity contribution is 5.93. The standard InChI is InChI=1S/C42H61N3O8/c1-9-13-21-44(22-14-10-2)29-33(52-39(46)20-17-31-25-37(49-6)40(51-8)38(26-31)50-7)28-35-30(5)34-19-18-32(27-36(34)53-41(35)47)43-42(48)45(23-15-11-3)24-16-12-4/h17-20,25-27,33H,9-16,21-24,28-29H2,1-8H3,(H,43,48)/b20-17+. The number of urea groups is 1. The van der Waals surface area contributed by atoms with Gasteiger partial charge in [-0.1, -0.05) is 53.4 Å². The lowest BCUT2D eigenvalue weighted by Crippen LogP contribution is -2.38. The van der Waals surface area contributed by atoms with Gasteiger partial charge in [0.15, 0.2) is 11.5 Å². The summed E-state index contributed by atoms with van der Waals surface area (Å²) in [6.07, 6.45) is 10.5. The Morgan fingerprint density at radius 1 is 0.830 bits per heavy atom. The molecule has 2 aromatic carbocycles. The largest absolute Gasteiger partial charge is 0.493 e. The van der Waals surface area contributed by atoms with Crippen LogP contribution in [-0.4, -0.2) is 82.0 Å². The third-order valence-electron chi connectivity index (χ3n) is 9.32. The molecule has 1 aromatic heterocycles. The van der Waals surface area contributed by atoms with E-state index in [1.54, 1.807) is 24.3 Å². The van der Waals surface area contributed by atoms with Crippen molar-refractivity contribution < 1.29 is 33.0 Å². The lowest BCUT2D eigenvalue weighted by atomic mass is 10.0. The molecule has 1 unspecified atom stereocenters. The second kappa shape index (κ2) is 22.5. The topological polar surface area (TPSA) is 120 Å². The molecular formula is C42H61N3O8. The van der Waals surface area contributed by atoms with E-state index in [1.165, 1.54) is 27.4 Å². The Morgan fingerprint density at radius 3 is 1.96 bits per heavy atom. The van der Waals surface area contributed by atoms with Crippen LogP contribution in [0.3, 0.4) is 0 Å². The van der Waals surface area contributed by atoms with Crippen molar-refractivity contribution in [1.82, 2.24) is 9.80 Å². The summed E-state index contributed by atoms with van der Waals surface area (Å²) in [6.45, 7) is 14.0. The molecule has 0 fully saturated rings. The highest BCUT2D eigenvalue weighted by atomic mass is 16.5. The first-order valence-corrected chi connectivity index (χ1v) is 19.2. The minimum atomic E-state index is -0.615. The zero-order valence-electron chi connectivity index (χ0n) is 33.2. The molecule has 3 rings (SSSR count). The minimum Gasteiger partial charge on any atom is -0.493 e. The first-order valence-electron chi connectivity index (χ1n) is 19.2. The fraction of sp³-hybridized carbons (Fsp3) is 0.548. The molecule has 11 nitrogen and oxygen atoms in total. The Morgan fingerprint density at radius 2 is 1.42 bits per heavy atom. The van der Waals surface area contributed by atoms with Gasteiger partial charge < -0.3 is 33.6 Å². The molecule has 0 saturated heterocycles. The number of aryl methyl sites for hydroxylation is 1. The molecule has 53 heavy (non-hydrogen) atoms. The highest BCUT2D eigenvalue weighted by Crippen LogP contribution is 2.38. The zero-order valence-corrected chi connectivity index (χ0v) is 33.2. The number of nitrogens with one attached hydrogen (secondary N) is 1. The van der Waals surface area contributed by atoms with Crippen molar-refractivity contribution in [3.05, 3.63) is 63.5 Å². The zero-order chi connectivity index (χ0) is 38.8. The van der Waals surface area contributed by atoms with Gasteiger partial charge in [0, 0.05) is 54.8 Å². The van der Waals surface area contributed by atoms with Crippen LogP contribution < -0.4 is 25.2 Å². The van der Waals surface area contributed by atoms with Crippen LogP contribution in [0.15, 0.2) is 45.6 Å². The van der Waals surface area contributed by atoms with Crippen LogP contribution >= 0.6 is 0 Å². The number of hydrogen-bond acceptors (Lipinski definition) is 9. The van der Waals surface area contributed by atoms with Crippen LogP contribution in [0.2, 0.25) is 0 Å². The molecule has 1 atom stereocenters. The molecule has 3 aromatic rings. The summed E-state index contributed by atoms with van der Waals surface area (Å²) >= 11 is 0. The number of fused-ring (bicyclic) bond motifs is 1. The van der Waals surface area contributed by atoms with Crippen molar-refractivity contribution in [1.29, 1.82) is 0 Å². The van der Waals surface area contributed by atoms with Gasteiger partial charge >= 0.3 is 17.6 Å². The monoisotopic (exact) mass is 735 g/mol. The number of rotatable bonds is 23. The molecule has 1 heterocycles. The number of methoxy groups -OCH3 is 3.